The Balaban J connectivity index is 1.92. The van der Waals surface area contributed by atoms with Crippen LogP contribution in [-0.2, 0) is 0 Å². The number of aryl methyl sites for hydroxylation is 1. The quantitative estimate of drug-likeness (QED) is 0.733. The molecule has 0 saturated heterocycles. The summed E-state index contributed by atoms with van der Waals surface area (Å²) in [5.41, 5.74) is 3.49. The Morgan fingerprint density at radius 1 is 1.08 bits per heavy atom. The molecule has 2 N–H and O–H groups in total. The van der Waals surface area contributed by atoms with E-state index in [4.69, 9.17) is 4.74 Å². The van der Waals surface area contributed by atoms with Gasteiger partial charge >= 0.3 is 0 Å². The SMILES string of the molecule is Cc1cc(OCC(O)CN(CCO)c2ccccc2)ccc1C(C)C. The lowest BCUT2D eigenvalue weighted by molar-refractivity contribution is 0.111. The molecule has 0 aliphatic heterocycles. The van der Waals surface area contributed by atoms with Crippen LogP contribution >= 0.6 is 0 Å². The van der Waals surface area contributed by atoms with Crippen molar-refractivity contribution in [1.29, 1.82) is 0 Å². The number of anilines is 1. The van der Waals surface area contributed by atoms with Crippen LogP contribution in [0.1, 0.15) is 30.9 Å². The zero-order valence-corrected chi connectivity index (χ0v) is 15.4. The van der Waals surface area contributed by atoms with Crippen LogP contribution in [0, 0.1) is 6.92 Å². The molecule has 2 rings (SSSR count). The van der Waals surface area contributed by atoms with Crippen molar-refractivity contribution >= 4 is 5.69 Å². The van der Waals surface area contributed by atoms with E-state index in [1.54, 1.807) is 0 Å². The number of hydrogen-bond acceptors (Lipinski definition) is 4. The minimum absolute atomic E-state index is 0.0400. The van der Waals surface area contributed by atoms with Gasteiger partial charge in [-0.2, -0.15) is 0 Å². The molecule has 136 valence electrons. The molecule has 0 fully saturated rings. The number of para-hydroxylation sites is 1. The molecule has 2 aromatic rings. The summed E-state index contributed by atoms with van der Waals surface area (Å²) in [5.74, 6) is 1.26. The minimum Gasteiger partial charge on any atom is -0.491 e. The van der Waals surface area contributed by atoms with E-state index in [9.17, 15) is 10.2 Å². The van der Waals surface area contributed by atoms with E-state index < -0.39 is 6.10 Å². The monoisotopic (exact) mass is 343 g/mol. The molecular formula is C21H29NO3. The molecule has 0 aliphatic rings. The molecule has 4 nitrogen and oxygen atoms in total. The van der Waals surface area contributed by atoms with Gasteiger partial charge in [0.2, 0.25) is 0 Å². The van der Waals surface area contributed by atoms with E-state index in [2.05, 4.69) is 26.8 Å². The maximum Gasteiger partial charge on any atom is 0.119 e. The lowest BCUT2D eigenvalue weighted by Crippen LogP contribution is -2.37. The first-order valence-electron chi connectivity index (χ1n) is 8.83. The molecule has 0 spiro atoms. The molecule has 4 heteroatoms. The van der Waals surface area contributed by atoms with Crippen LogP contribution in [0.3, 0.4) is 0 Å². The van der Waals surface area contributed by atoms with E-state index in [-0.39, 0.29) is 13.2 Å². The Morgan fingerprint density at radius 3 is 2.40 bits per heavy atom. The van der Waals surface area contributed by atoms with Crippen molar-refractivity contribution in [2.45, 2.75) is 32.8 Å². The van der Waals surface area contributed by atoms with Gasteiger partial charge in [0, 0.05) is 18.8 Å². The maximum absolute atomic E-state index is 10.3. The molecule has 1 unspecified atom stereocenters. The summed E-state index contributed by atoms with van der Waals surface area (Å²) in [5, 5.41) is 19.6. The van der Waals surface area contributed by atoms with Gasteiger partial charge in [-0.25, -0.2) is 0 Å². The molecule has 2 aromatic carbocycles. The van der Waals surface area contributed by atoms with Gasteiger partial charge in [-0.15, -0.1) is 0 Å². The summed E-state index contributed by atoms with van der Waals surface area (Å²) in [7, 11) is 0. The average molecular weight is 343 g/mol. The Hall–Kier alpha value is -2.04. The highest BCUT2D eigenvalue weighted by Crippen LogP contribution is 2.23. The Labute approximate surface area is 150 Å². The molecule has 0 radical (unpaired) electrons. The fourth-order valence-corrected chi connectivity index (χ4v) is 2.97. The predicted octanol–water partition coefficient (Wildman–Crippen LogP) is 3.36. The molecule has 0 bridgehead atoms. The number of rotatable bonds is 9. The predicted molar refractivity (Wildman–Crippen MR) is 103 cm³/mol. The first-order valence-corrected chi connectivity index (χ1v) is 8.83. The number of aliphatic hydroxyl groups excluding tert-OH is 2. The van der Waals surface area contributed by atoms with Gasteiger partial charge in [0.25, 0.3) is 0 Å². The molecule has 0 amide bonds. The number of aliphatic hydroxyl groups is 2. The van der Waals surface area contributed by atoms with E-state index in [0.29, 0.717) is 19.0 Å². The van der Waals surface area contributed by atoms with Crippen LogP contribution in [0.5, 0.6) is 5.75 Å². The second-order valence-corrected chi connectivity index (χ2v) is 6.64. The summed E-state index contributed by atoms with van der Waals surface area (Å²) in [4.78, 5) is 1.96. The number of hydrogen-bond donors (Lipinski definition) is 2. The molecule has 0 heterocycles. The van der Waals surface area contributed by atoms with Gasteiger partial charge in [0.15, 0.2) is 0 Å². The molecule has 0 aromatic heterocycles. The summed E-state index contributed by atoms with van der Waals surface area (Å²) in [6.45, 7) is 7.57. The maximum atomic E-state index is 10.3. The molecule has 1 atom stereocenters. The third-order valence-corrected chi connectivity index (χ3v) is 4.23. The molecule has 0 saturated carbocycles. The normalized spacial score (nSPS) is 12.2. The van der Waals surface area contributed by atoms with Gasteiger partial charge in [-0.1, -0.05) is 38.1 Å². The van der Waals surface area contributed by atoms with Crippen molar-refractivity contribution in [3.63, 3.8) is 0 Å². The van der Waals surface area contributed by atoms with Gasteiger partial charge in [0.05, 0.1) is 6.61 Å². The second kappa shape index (κ2) is 9.44. The summed E-state index contributed by atoms with van der Waals surface area (Å²) in [6, 6.07) is 15.8. The summed E-state index contributed by atoms with van der Waals surface area (Å²) >= 11 is 0. The second-order valence-electron chi connectivity index (χ2n) is 6.64. The van der Waals surface area contributed by atoms with Gasteiger partial charge in [-0.05, 0) is 48.2 Å². The van der Waals surface area contributed by atoms with Gasteiger partial charge in [0.1, 0.15) is 18.5 Å². The molecular weight excluding hydrogens is 314 g/mol. The van der Waals surface area contributed by atoms with Crippen LogP contribution in [0.4, 0.5) is 5.69 Å². The van der Waals surface area contributed by atoms with Crippen LogP contribution < -0.4 is 9.64 Å². The number of benzene rings is 2. The fourth-order valence-electron chi connectivity index (χ4n) is 2.97. The van der Waals surface area contributed by atoms with E-state index in [1.807, 2.05) is 47.4 Å². The van der Waals surface area contributed by atoms with E-state index >= 15 is 0 Å². The van der Waals surface area contributed by atoms with E-state index in [0.717, 1.165) is 11.4 Å². The average Bonchev–Trinajstić information content (AvgIpc) is 2.60. The van der Waals surface area contributed by atoms with Crippen molar-refractivity contribution in [1.82, 2.24) is 0 Å². The summed E-state index contributed by atoms with van der Waals surface area (Å²) in [6.07, 6.45) is -0.642. The van der Waals surface area contributed by atoms with E-state index in [1.165, 1.54) is 11.1 Å². The number of ether oxygens (including phenoxy) is 1. The standard InChI is InChI=1S/C21H29NO3/c1-16(2)21-10-9-20(13-17(21)3)25-15-19(24)14-22(11-12-23)18-7-5-4-6-8-18/h4-10,13,16,19,23-24H,11-12,14-15H2,1-3H3. The minimum atomic E-state index is -0.642. The summed E-state index contributed by atoms with van der Waals surface area (Å²) < 4.78 is 5.76. The third-order valence-electron chi connectivity index (χ3n) is 4.23. The number of nitrogens with zero attached hydrogens (tertiary/aromatic N) is 1. The van der Waals surface area contributed by atoms with Crippen LogP contribution in [0.25, 0.3) is 0 Å². The first-order chi connectivity index (χ1) is 12.0. The molecule has 0 aliphatic carbocycles. The van der Waals surface area contributed by atoms with Gasteiger partial charge < -0.3 is 19.8 Å². The zero-order valence-electron chi connectivity index (χ0n) is 15.4. The zero-order chi connectivity index (χ0) is 18.2. The highest BCUT2D eigenvalue weighted by Gasteiger charge is 2.13. The topological polar surface area (TPSA) is 52.9 Å². The lowest BCUT2D eigenvalue weighted by Gasteiger charge is -2.26. The lowest BCUT2D eigenvalue weighted by atomic mass is 9.98. The highest BCUT2D eigenvalue weighted by molar-refractivity contribution is 5.46. The Kier molecular flexibility index (Phi) is 7.29. The van der Waals surface area contributed by atoms with Crippen molar-refractivity contribution in [3.05, 3.63) is 59.7 Å². The van der Waals surface area contributed by atoms with Crippen LogP contribution in [0.2, 0.25) is 0 Å². The first kappa shape index (κ1) is 19.3. The Bertz CT molecular complexity index is 643. The van der Waals surface area contributed by atoms with Crippen molar-refractivity contribution < 1.29 is 14.9 Å². The van der Waals surface area contributed by atoms with Crippen LogP contribution in [0.15, 0.2) is 48.5 Å². The smallest absolute Gasteiger partial charge is 0.119 e. The Morgan fingerprint density at radius 2 is 1.80 bits per heavy atom. The van der Waals surface area contributed by atoms with Gasteiger partial charge in [-0.3, -0.25) is 0 Å². The van der Waals surface area contributed by atoms with Crippen LogP contribution in [-0.4, -0.2) is 42.6 Å². The van der Waals surface area contributed by atoms with Crippen molar-refractivity contribution in [2.24, 2.45) is 0 Å². The largest absolute Gasteiger partial charge is 0.491 e. The van der Waals surface area contributed by atoms with Crippen molar-refractivity contribution in [3.8, 4) is 5.75 Å². The van der Waals surface area contributed by atoms with Crippen molar-refractivity contribution in [2.75, 3.05) is 31.2 Å². The highest BCUT2D eigenvalue weighted by atomic mass is 16.5. The fraction of sp³-hybridized carbons (Fsp3) is 0.429. The molecule has 25 heavy (non-hydrogen) atoms. The third kappa shape index (κ3) is 5.76.